The average Bonchev–Trinajstić information content (AvgIpc) is 2.40. The van der Waals surface area contributed by atoms with E-state index < -0.39 is 5.41 Å². The van der Waals surface area contributed by atoms with Crippen LogP contribution in [0, 0.1) is 22.2 Å². The molecule has 0 aromatic carbocycles. The van der Waals surface area contributed by atoms with E-state index in [1.54, 1.807) is 13.8 Å². The van der Waals surface area contributed by atoms with Crippen molar-refractivity contribution in [3.63, 3.8) is 0 Å². The van der Waals surface area contributed by atoms with Crippen LogP contribution in [-0.4, -0.2) is 23.3 Å². The zero-order valence-corrected chi connectivity index (χ0v) is 11.0. The van der Waals surface area contributed by atoms with Crippen LogP contribution < -0.4 is 0 Å². The summed E-state index contributed by atoms with van der Waals surface area (Å²) in [6.45, 7) is 7.76. The van der Waals surface area contributed by atoms with Crippen molar-refractivity contribution >= 4 is 11.8 Å². The van der Waals surface area contributed by atoms with Gasteiger partial charge in [-0.15, -0.1) is 0 Å². The van der Waals surface area contributed by atoms with Gasteiger partial charge in [0.15, 0.2) is 0 Å². The summed E-state index contributed by atoms with van der Waals surface area (Å²) >= 11 is 0. The fraction of sp³-hybridized carbons (Fsp3) is 0.769. The van der Waals surface area contributed by atoms with Gasteiger partial charge in [0.1, 0.15) is 0 Å². The van der Waals surface area contributed by atoms with Gasteiger partial charge in [-0.3, -0.25) is 14.5 Å². The predicted molar refractivity (Wildman–Crippen MR) is 63.7 cm³/mol. The van der Waals surface area contributed by atoms with Crippen molar-refractivity contribution < 1.29 is 9.59 Å². The van der Waals surface area contributed by atoms with E-state index in [2.05, 4.69) is 6.07 Å². The lowest BCUT2D eigenvalue weighted by Crippen LogP contribution is -2.34. The van der Waals surface area contributed by atoms with Crippen molar-refractivity contribution in [2.24, 2.45) is 10.8 Å². The average molecular weight is 236 g/mol. The van der Waals surface area contributed by atoms with Crippen LogP contribution >= 0.6 is 0 Å². The number of carbonyl (C=O) groups excluding carboxylic acids is 2. The maximum Gasteiger partial charge on any atom is 0.235 e. The number of carbonyl (C=O) groups is 2. The molecule has 4 nitrogen and oxygen atoms in total. The third kappa shape index (κ3) is 3.06. The maximum atomic E-state index is 11.9. The molecule has 17 heavy (non-hydrogen) atoms. The van der Waals surface area contributed by atoms with E-state index >= 15 is 0 Å². The molecule has 94 valence electrons. The molecular weight excluding hydrogens is 216 g/mol. The molecule has 1 aliphatic rings. The summed E-state index contributed by atoms with van der Waals surface area (Å²) < 4.78 is 0. The first kappa shape index (κ1) is 13.7. The molecule has 1 rings (SSSR count). The number of hydrogen-bond acceptors (Lipinski definition) is 3. The standard InChI is InChI=1S/C13H20N2O2/c1-12(2,9-14)6-5-7-15-10(16)8-13(3,4)11(15)17/h5-8H2,1-4H3. The molecular formula is C13H20N2O2. The molecule has 4 heteroatoms. The SMILES string of the molecule is CC(C)(C#N)CCCN1C(=O)CC(C)(C)C1=O. The zero-order valence-electron chi connectivity index (χ0n) is 11.0. The molecule has 0 spiro atoms. The van der Waals surface area contributed by atoms with Gasteiger partial charge in [0.2, 0.25) is 11.8 Å². The molecule has 0 radical (unpaired) electrons. The largest absolute Gasteiger partial charge is 0.282 e. The topological polar surface area (TPSA) is 61.2 Å². The molecule has 1 aliphatic heterocycles. The van der Waals surface area contributed by atoms with Crippen LogP contribution in [-0.2, 0) is 9.59 Å². The second kappa shape index (κ2) is 4.48. The molecule has 0 aromatic heterocycles. The van der Waals surface area contributed by atoms with E-state index in [9.17, 15) is 9.59 Å². The van der Waals surface area contributed by atoms with Gasteiger partial charge in [0.05, 0.1) is 16.9 Å². The van der Waals surface area contributed by atoms with Crippen LogP contribution in [0.1, 0.15) is 47.0 Å². The highest BCUT2D eigenvalue weighted by atomic mass is 16.2. The summed E-state index contributed by atoms with van der Waals surface area (Å²) in [5.41, 5.74) is -0.941. The summed E-state index contributed by atoms with van der Waals surface area (Å²) in [4.78, 5) is 24.9. The number of rotatable bonds is 4. The Morgan fingerprint density at radius 2 is 2.00 bits per heavy atom. The van der Waals surface area contributed by atoms with Crippen LogP contribution in [0.15, 0.2) is 0 Å². The Bertz CT molecular complexity index is 377. The third-order valence-electron chi connectivity index (χ3n) is 3.20. The molecule has 0 bridgehead atoms. The molecule has 1 heterocycles. The number of nitriles is 1. The molecule has 2 amide bonds. The first-order valence-electron chi connectivity index (χ1n) is 5.96. The van der Waals surface area contributed by atoms with E-state index in [1.165, 1.54) is 4.90 Å². The Balaban J connectivity index is 2.52. The number of likely N-dealkylation sites (tertiary alicyclic amines) is 1. The maximum absolute atomic E-state index is 11.9. The Morgan fingerprint density at radius 3 is 2.41 bits per heavy atom. The van der Waals surface area contributed by atoms with Crippen molar-refractivity contribution in [3.8, 4) is 6.07 Å². The zero-order chi connectivity index (χ0) is 13.3. The molecule has 0 aliphatic carbocycles. The lowest BCUT2D eigenvalue weighted by molar-refractivity contribution is -0.140. The Hall–Kier alpha value is -1.37. The normalized spacial score (nSPS) is 19.6. The molecule has 0 unspecified atom stereocenters. The lowest BCUT2D eigenvalue weighted by atomic mass is 9.89. The van der Waals surface area contributed by atoms with Gasteiger partial charge >= 0.3 is 0 Å². The van der Waals surface area contributed by atoms with E-state index in [4.69, 9.17) is 5.26 Å². The Labute approximate surface area is 103 Å². The molecule has 0 aromatic rings. The highest BCUT2D eigenvalue weighted by Gasteiger charge is 2.44. The van der Waals surface area contributed by atoms with Gasteiger partial charge in [-0.05, 0) is 26.7 Å². The summed E-state index contributed by atoms with van der Waals surface area (Å²) in [5.74, 6) is -0.174. The summed E-state index contributed by atoms with van der Waals surface area (Å²) in [5, 5.41) is 8.88. The van der Waals surface area contributed by atoms with Gasteiger partial charge in [-0.1, -0.05) is 13.8 Å². The van der Waals surface area contributed by atoms with Crippen LogP contribution in [0.2, 0.25) is 0 Å². The number of amides is 2. The van der Waals surface area contributed by atoms with Crippen molar-refractivity contribution in [2.45, 2.75) is 47.0 Å². The fourth-order valence-corrected chi connectivity index (χ4v) is 1.99. The van der Waals surface area contributed by atoms with Crippen molar-refractivity contribution in [2.75, 3.05) is 6.54 Å². The lowest BCUT2D eigenvalue weighted by Gasteiger charge is -2.20. The monoisotopic (exact) mass is 236 g/mol. The van der Waals surface area contributed by atoms with Gasteiger partial charge < -0.3 is 0 Å². The van der Waals surface area contributed by atoms with Crippen LogP contribution in [0.4, 0.5) is 0 Å². The van der Waals surface area contributed by atoms with Crippen LogP contribution in [0.25, 0.3) is 0 Å². The minimum atomic E-state index is -0.554. The van der Waals surface area contributed by atoms with Crippen molar-refractivity contribution in [3.05, 3.63) is 0 Å². The summed E-state index contributed by atoms with van der Waals surface area (Å²) in [7, 11) is 0. The predicted octanol–water partition coefficient (Wildman–Crippen LogP) is 2.10. The van der Waals surface area contributed by atoms with Crippen LogP contribution in [0.5, 0.6) is 0 Å². The highest BCUT2D eigenvalue weighted by molar-refractivity contribution is 6.05. The van der Waals surface area contributed by atoms with Crippen LogP contribution in [0.3, 0.4) is 0 Å². The second-order valence-corrected chi connectivity index (χ2v) is 6.01. The molecule has 0 N–H and O–H groups in total. The first-order chi connectivity index (χ1) is 7.69. The minimum Gasteiger partial charge on any atom is -0.282 e. The van der Waals surface area contributed by atoms with Crippen molar-refractivity contribution in [1.82, 2.24) is 4.90 Å². The van der Waals surface area contributed by atoms with E-state index in [-0.39, 0.29) is 17.2 Å². The first-order valence-corrected chi connectivity index (χ1v) is 5.96. The van der Waals surface area contributed by atoms with E-state index in [1.807, 2.05) is 13.8 Å². The fourth-order valence-electron chi connectivity index (χ4n) is 1.99. The summed E-state index contributed by atoms with van der Waals surface area (Å²) in [6, 6.07) is 2.22. The van der Waals surface area contributed by atoms with E-state index in [0.717, 1.165) is 0 Å². The van der Waals surface area contributed by atoms with Gasteiger partial charge in [0.25, 0.3) is 0 Å². The summed E-state index contributed by atoms with van der Waals surface area (Å²) in [6.07, 6.45) is 1.68. The smallest absolute Gasteiger partial charge is 0.235 e. The van der Waals surface area contributed by atoms with Gasteiger partial charge in [0, 0.05) is 13.0 Å². The minimum absolute atomic E-state index is 0.0859. The third-order valence-corrected chi connectivity index (χ3v) is 3.20. The quantitative estimate of drug-likeness (QED) is 0.702. The number of nitrogens with zero attached hydrogens (tertiary/aromatic N) is 2. The van der Waals surface area contributed by atoms with Gasteiger partial charge in [-0.2, -0.15) is 5.26 Å². The number of imide groups is 1. The highest BCUT2D eigenvalue weighted by Crippen LogP contribution is 2.32. The Kier molecular flexibility index (Phi) is 3.61. The van der Waals surface area contributed by atoms with E-state index in [0.29, 0.717) is 25.8 Å². The number of hydrogen-bond donors (Lipinski definition) is 0. The second-order valence-electron chi connectivity index (χ2n) is 6.01. The van der Waals surface area contributed by atoms with Gasteiger partial charge in [-0.25, -0.2) is 0 Å². The molecule has 1 saturated heterocycles. The molecule has 1 fully saturated rings. The van der Waals surface area contributed by atoms with Crippen molar-refractivity contribution in [1.29, 1.82) is 5.26 Å². The Morgan fingerprint density at radius 1 is 1.41 bits per heavy atom. The molecule has 0 atom stereocenters. The molecule has 0 saturated carbocycles.